The third-order valence-corrected chi connectivity index (χ3v) is 5.69. The second kappa shape index (κ2) is 5.75. The highest BCUT2D eigenvalue weighted by atomic mass is 19.3. The number of carboxylic acids is 1. The van der Waals surface area contributed by atoms with Gasteiger partial charge in [-0.05, 0) is 24.3 Å². The molecule has 0 radical (unpaired) electrons. The fraction of sp³-hybridized carbons (Fsp3) is 0.500. The molecule has 0 amide bonds. The number of ether oxygens (including phenoxy) is 2. The molecule has 1 aromatic rings. The van der Waals surface area contributed by atoms with Crippen molar-refractivity contribution >= 4 is 17.9 Å². The molecule has 3 fully saturated rings. The Morgan fingerprint density at radius 2 is 1.92 bits per heavy atom. The highest BCUT2D eigenvalue weighted by molar-refractivity contribution is 5.86. The van der Waals surface area contributed by atoms with E-state index in [4.69, 9.17) is 9.47 Å². The predicted octanol–water partition coefficient (Wildman–Crippen LogP) is 0.854. The average molecular weight is 365 g/mol. The van der Waals surface area contributed by atoms with Gasteiger partial charge in [-0.15, -0.1) is 0 Å². The number of halogens is 2. The van der Waals surface area contributed by atoms with E-state index in [1.165, 1.54) is 24.3 Å². The van der Waals surface area contributed by atoms with Gasteiger partial charge in [0.15, 0.2) is 6.10 Å². The molecule has 1 heterocycles. The number of rotatable bonds is 5. The summed E-state index contributed by atoms with van der Waals surface area (Å²) < 4.78 is 38.5. The van der Waals surface area contributed by atoms with Gasteiger partial charge in [-0.3, -0.25) is 9.59 Å². The Morgan fingerprint density at radius 1 is 1.23 bits per heavy atom. The highest BCUT2D eigenvalue weighted by Gasteiger charge is 2.65. The molecule has 0 aromatic heterocycles. The Hall–Kier alpha value is -2.51. The molecule has 6 unspecified atom stereocenters. The predicted molar refractivity (Wildman–Crippen MR) is 78.3 cm³/mol. The van der Waals surface area contributed by atoms with Gasteiger partial charge in [-0.2, -0.15) is 8.78 Å². The van der Waals surface area contributed by atoms with Crippen molar-refractivity contribution in [2.45, 2.75) is 31.0 Å². The number of hydrogen-bond donors (Lipinski definition) is 0. The molecule has 138 valence electrons. The first-order valence-corrected chi connectivity index (χ1v) is 8.36. The first-order valence-electron chi connectivity index (χ1n) is 8.36. The molecule has 3 aliphatic rings. The van der Waals surface area contributed by atoms with Crippen LogP contribution in [0.2, 0.25) is 0 Å². The minimum absolute atomic E-state index is 0.0955. The number of alkyl halides is 2. The van der Waals surface area contributed by atoms with Gasteiger partial charge < -0.3 is 19.4 Å². The first-order chi connectivity index (χ1) is 12.3. The van der Waals surface area contributed by atoms with E-state index in [1.54, 1.807) is 6.07 Å². The van der Waals surface area contributed by atoms with Crippen LogP contribution in [0, 0.1) is 23.7 Å². The maximum absolute atomic E-state index is 14.2. The normalized spacial score (nSPS) is 33.0. The van der Waals surface area contributed by atoms with Crippen LogP contribution < -0.4 is 5.11 Å². The van der Waals surface area contributed by atoms with Crippen molar-refractivity contribution in [2.24, 2.45) is 23.7 Å². The van der Waals surface area contributed by atoms with Gasteiger partial charge in [0.25, 0.3) is 0 Å². The van der Waals surface area contributed by atoms with Gasteiger partial charge in [-0.25, -0.2) is 0 Å². The van der Waals surface area contributed by atoms with Gasteiger partial charge in [0.2, 0.25) is 0 Å². The van der Waals surface area contributed by atoms with Gasteiger partial charge >= 0.3 is 17.9 Å². The third-order valence-electron chi connectivity index (χ3n) is 5.69. The van der Waals surface area contributed by atoms with Crippen molar-refractivity contribution in [3.8, 4) is 0 Å². The molecule has 6 atom stereocenters. The Morgan fingerprint density at radius 3 is 2.58 bits per heavy atom. The lowest BCUT2D eigenvalue weighted by atomic mass is 9.80. The standard InChI is InChI=1S/C18H16F2O6/c19-18(20,17(23)24)14(8-4-2-1-3-5-8)26-15(21)12-9-6-10-11(7-9)25-16(22)13(10)12/h1-5,9-14H,6-7H2,(H,23,24)/p-1. The molecule has 6 nitrogen and oxygen atoms in total. The maximum atomic E-state index is 14.2. The fourth-order valence-electron chi connectivity index (χ4n) is 4.61. The molecule has 0 spiro atoms. The second-order valence-electron chi connectivity index (χ2n) is 7.06. The van der Waals surface area contributed by atoms with Crippen molar-refractivity contribution < 1.29 is 37.7 Å². The van der Waals surface area contributed by atoms with Crippen molar-refractivity contribution in [1.82, 2.24) is 0 Å². The molecule has 4 rings (SSSR count). The van der Waals surface area contributed by atoms with Crippen LogP contribution in [0.5, 0.6) is 0 Å². The van der Waals surface area contributed by atoms with Crippen LogP contribution in [-0.2, 0) is 23.9 Å². The summed E-state index contributed by atoms with van der Waals surface area (Å²) in [4.78, 5) is 35.6. The minimum atomic E-state index is -4.41. The van der Waals surface area contributed by atoms with Crippen LogP contribution >= 0.6 is 0 Å². The minimum Gasteiger partial charge on any atom is -0.544 e. The molecular weight excluding hydrogens is 350 g/mol. The highest BCUT2D eigenvalue weighted by Crippen LogP contribution is 2.58. The van der Waals surface area contributed by atoms with Crippen molar-refractivity contribution in [1.29, 1.82) is 0 Å². The van der Waals surface area contributed by atoms with Crippen LogP contribution in [0.15, 0.2) is 30.3 Å². The number of aliphatic carboxylic acids is 1. The number of fused-ring (bicyclic) bond motifs is 1. The lowest BCUT2D eigenvalue weighted by Crippen LogP contribution is -2.48. The molecule has 0 N–H and O–H groups in total. The summed E-state index contributed by atoms with van der Waals surface area (Å²) in [6.45, 7) is 0. The first kappa shape index (κ1) is 16.9. The monoisotopic (exact) mass is 365 g/mol. The maximum Gasteiger partial charge on any atom is 0.327 e. The average Bonchev–Trinajstić information content (AvgIpc) is 3.22. The van der Waals surface area contributed by atoms with Gasteiger partial charge in [-0.1, -0.05) is 30.3 Å². The number of carbonyl (C=O) groups is 3. The van der Waals surface area contributed by atoms with Gasteiger partial charge in [0, 0.05) is 5.92 Å². The van der Waals surface area contributed by atoms with E-state index in [9.17, 15) is 28.3 Å². The van der Waals surface area contributed by atoms with E-state index < -0.39 is 41.8 Å². The number of benzene rings is 1. The van der Waals surface area contributed by atoms with Crippen LogP contribution in [-0.4, -0.2) is 29.9 Å². The van der Waals surface area contributed by atoms with E-state index in [1.807, 2.05) is 0 Å². The zero-order chi connectivity index (χ0) is 18.6. The lowest BCUT2D eigenvalue weighted by Gasteiger charge is -2.30. The molecule has 8 heteroatoms. The van der Waals surface area contributed by atoms with E-state index in [2.05, 4.69) is 0 Å². The summed E-state index contributed by atoms with van der Waals surface area (Å²) in [6, 6.07) is 6.91. The number of esters is 2. The van der Waals surface area contributed by atoms with Crippen molar-refractivity contribution in [3.05, 3.63) is 35.9 Å². The molecule has 26 heavy (non-hydrogen) atoms. The van der Waals surface area contributed by atoms with E-state index in [0.29, 0.717) is 12.8 Å². The second-order valence-corrected chi connectivity index (χ2v) is 7.06. The number of carboxylic acid groups (broad SMARTS) is 1. The molecule has 1 saturated heterocycles. The summed E-state index contributed by atoms with van der Waals surface area (Å²) in [5.41, 5.74) is -0.162. The Labute approximate surface area is 147 Å². The summed E-state index contributed by atoms with van der Waals surface area (Å²) >= 11 is 0. The summed E-state index contributed by atoms with van der Waals surface area (Å²) in [5.74, 6) is -10.4. The smallest absolute Gasteiger partial charge is 0.327 e. The van der Waals surface area contributed by atoms with E-state index >= 15 is 0 Å². The largest absolute Gasteiger partial charge is 0.544 e. The van der Waals surface area contributed by atoms with Gasteiger partial charge in [0.05, 0.1) is 11.8 Å². The van der Waals surface area contributed by atoms with Crippen molar-refractivity contribution in [2.75, 3.05) is 0 Å². The molecule has 1 aliphatic heterocycles. The Bertz CT molecular complexity index is 762. The molecule has 2 aliphatic carbocycles. The summed E-state index contributed by atoms with van der Waals surface area (Å²) in [5, 5.41) is 10.9. The quantitative estimate of drug-likeness (QED) is 0.719. The molecule has 1 aromatic carbocycles. The Balaban J connectivity index is 1.61. The SMILES string of the molecule is O=C(OC(c1ccccc1)C(F)(F)C(=O)[O-])C1C2CC3OC(=O)C1C3C2. The van der Waals surface area contributed by atoms with E-state index in [0.717, 1.165) is 0 Å². The van der Waals surface area contributed by atoms with E-state index in [-0.39, 0.29) is 23.5 Å². The third kappa shape index (κ3) is 2.39. The van der Waals surface area contributed by atoms with Crippen LogP contribution in [0.3, 0.4) is 0 Å². The topological polar surface area (TPSA) is 92.7 Å². The fourth-order valence-corrected chi connectivity index (χ4v) is 4.61. The molecule has 2 saturated carbocycles. The molecular formula is C18H15F2O6-. The summed E-state index contributed by atoms with van der Waals surface area (Å²) in [7, 11) is 0. The number of carbonyl (C=O) groups excluding carboxylic acids is 3. The lowest BCUT2D eigenvalue weighted by molar-refractivity contribution is -0.337. The van der Waals surface area contributed by atoms with Gasteiger partial charge in [0.1, 0.15) is 12.1 Å². The summed E-state index contributed by atoms with van der Waals surface area (Å²) in [6.07, 6.45) is -1.43. The van der Waals surface area contributed by atoms with Crippen LogP contribution in [0.4, 0.5) is 8.78 Å². The van der Waals surface area contributed by atoms with Crippen LogP contribution in [0.25, 0.3) is 0 Å². The zero-order valence-electron chi connectivity index (χ0n) is 13.5. The van der Waals surface area contributed by atoms with Crippen molar-refractivity contribution in [3.63, 3.8) is 0 Å². The molecule has 2 bridgehead atoms. The number of hydrogen-bond acceptors (Lipinski definition) is 6. The Kier molecular flexibility index (Phi) is 3.75. The van der Waals surface area contributed by atoms with Crippen LogP contribution in [0.1, 0.15) is 24.5 Å². The zero-order valence-corrected chi connectivity index (χ0v) is 13.5.